The molecule has 0 unspecified atom stereocenters. The van der Waals surface area contributed by atoms with Crippen LogP contribution in [0.15, 0.2) is 85.2 Å². The number of fused-ring (bicyclic) bond motifs is 5. The maximum Gasteiger partial charge on any atom is 0.238 e. The first-order chi connectivity index (χ1) is 22.6. The van der Waals surface area contributed by atoms with Crippen LogP contribution in [0.3, 0.4) is 0 Å². The third-order valence-corrected chi connectivity index (χ3v) is 11.8. The van der Waals surface area contributed by atoms with Gasteiger partial charge in [0.15, 0.2) is 11.0 Å². The summed E-state index contributed by atoms with van der Waals surface area (Å²) in [6, 6.07) is 21.5. The molecule has 4 aromatic rings. The van der Waals surface area contributed by atoms with Crippen LogP contribution in [0.25, 0.3) is 0 Å². The average Bonchev–Trinajstić information content (AvgIpc) is 3.50. The van der Waals surface area contributed by atoms with E-state index in [1.165, 1.54) is 6.20 Å². The molecular formula is C37H34Cl2FN5O2. The number of hydrogen-bond donors (Lipinski definition) is 2. The molecule has 47 heavy (non-hydrogen) atoms. The van der Waals surface area contributed by atoms with E-state index >= 15 is 9.18 Å². The number of pyridine rings is 2. The standard InChI is InChI=1S/C37H34Cl2FN5O2/c1-35(2)14-16-36(17-15-35)37(24-20-42-26(38)19-25(24)43-34(37)47)27(23-13-18-41-32(39)28(23)40)31-33(46)44-29(21-9-5-3-6-10-21)30(45(31)36)22-11-7-4-8-12-22/h3-13,18-20,27,29-31H,14-17H2,1-2H3,(H,43,47)(H,44,46)/t27-,29-,30+,31+,37-/m0/s1. The highest BCUT2D eigenvalue weighted by Gasteiger charge is 2.78. The molecule has 3 aliphatic heterocycles. The lowest BCUT2D eigenvalue weighted by molar-refractivity contribution is -0.141. The predicted octanol–water partition coefficient (Wildman–Crippen LogP) is 7.53. The minimum Gasteiger partial charge on any atom is -0.346 e. The van der Waals surface area contributed by atoms with Gasteiger partial charge in [-0.2, -0.15) is 0 Å². The molecule has 2 amide bonds. The Labute approximate surface area is 282 Å². The van der Waals surface area contributed by atoms with E-state index in [0.717, 1.165) is 24.0 Å². The number of nitrogens with zero attached hydrogens (tertiary/aromatic N) is 3. The van der Waals surface area contributed by atoms with Crippen molar-refractivity contribution in [3.05, 3.63) is 124 Å². The number of carbonyl (C=O) groups is 2. The molecule has 2 N–H and O–H groups in total. The number of carbonyl (C=O) groups excluding carboxylic acids is 2. The maximum atomic E-state index is 16.5. The van der Waals surface area contributed by atoms with Crippen molar-refractivity contribution in [2.24, 2.45) is 5.41 Å². The summed E-state index contributed by atoms with van der Waals surface area (Å²) >= 11 is 12.8. The van der Waals surface area contributed by atoms with Gasteiger partial charge in [-0.1, -0.05) is 97.7 Å². The molecular weight excluding hydrogens is 636 g/mol. The van der Waals surface area contributed by atoms with Gasteiger partial charge in [0.05, 0.1) is 18.1 Å². The van der Waals surface area contributed by atoms with Gasteiger partial charge in [0.2, 0.25) is 11.8 Å². The number of aromatic nitrogens is 2. The van der Waals surface area contributed by atoms with Gasteiger partial charge >= 0.3 is 0 Å². The molecule has 2 spiro atoms. The summed E-state index contributed by atoms with van der Waals surface area (Å²) in [6.07, 6.45) is 5.89. The molecule has 5 heterocycles. The molecule has 2 aromatic carbocycles. The lowest BCUT2D eigenvalue weighted by atomic mass is 9.53. The molecule has 7 nitrogen and oxygen atoms in total. The first-order valence-corrected chi connectivity index (χ1v) is 16.8. The van der Waals surface area contributed by atoms with E-state index in [9.17, 15) is 4.79 Å². The first kappa shape index (κ1) is 30.5. The highest BCUT2D eigenvalue weighted by Crippen LogP contribution is 2.70. The third kappa shape index (κ3) is 4.27. The van der Waals surface area contributed by atoms with Crippen molar-refractivity contribution in [3.8, 4) is 0 Å². The van der Waals surface area contributed by atoms with Gasteiger partial charge < -0.3 is 10.6 Å². The Balaban J connectivity index is 1.49. The van der Waals surface area contributed by atoms with E-state index in [1.54, 1.807) is 18.3 Å². The van der Waals surface area contributed by atoms with Crippen LogP contribution in [0.5, 0.6) is 0 Å². The Morgan fingerprint density at radius 1 is 0.872 bits per heavy atom. The summed E-state index contributed by atoms with van der Waals surface area (Å²) in [5, 5.41) is 6.41. The quantitative estimate of drug-likeness (QED) is 0.220. The fourth-order valence-electron chi connectivity index (χ4n) is 9.31. The van der Waals surface area contributed by atoms with Crippen molar-refractivity contribution in [2.75, 3.05) is 5.32 Å². The molecule has 0 bridgehead atoms. The Bertz CT molecular complexity index is 1900. The minimum atomic E-state index is -1.41. The van der Waals surface area contributed by atoms with E-state index in [-0.39, 0.29) is 39.1 Å². The smallest absolute Gasteiger partial charge is 0.238 e. The van der Waals surface area contributed by atoms with E-state index in [4.69, 9.17) is 23.2 Å². The number of anilines is 1. The first-order valence-electron chi connectivity index (χ1n) is 16.1. The molecule has 1 aliphatic carbocycles. The lowest BCUT2D eigenvalue weighted by Gasteiger charge is -2.57. The third-order valence-electron chi connectivity index (χ3n) is 11.3. The van der Waals surface area contributed by atoms with E-state index in [0.29, 0.717) is 24.1 Å². The van der Waals surface area contributed by atoms with E-state index < -0.39 is 34.8 Å². The Kier molecular flexibility index (Phi) is 7.03. The van der Waals surface area contributed by atoms with Crippen LogP contribution < -0.4 is 10.6 Å². The number of halogens is 3. The largest absolute Gasteiger partial charge is 0.346 e. The highest BCUT2D eigenvalue weighted by atomic mass is 35.5. The van der Waals surface area contributed by atoms with Crippen LogP contribution in [0.4, 0.5) is 10.1 Å². The summed E-state index contributed by atoms with van der Waals surface area (Å²) in [4.78, 5) is 40.8. The van der Waals surface area contributed by atoms with Crippen molar-refractivity contribution in [1.29, 1.82) is 0 Å². The number of nitrogens with one attached hydrogen (secondary N) is 2. The molecule has 0 radical (unpaired) electrons. The average molecular weight is 671 g/mol. The summed E-state index contributed by atoms with van der Waals surface area (Å²) in [7, 11) is 0. The van der Waals surface area contributed by atoms with Crippen molar-refractivity contribution in [2.45, 2.75) is 74.5 Å². The Morgan fingerprint density at radius 3 is 2.21 bits per heavy atom. The Morgan fingerprint density at radius 2 is 1.53 bits per heavy atom. The summed E-state index contributed by atoms with van der Waals surface area (Å²) < 4.78 is 16.5. The number of piperazine rings is 1. The number of amides is 2. The fourth-order valence-corrected chi connectivity index (χ4v) is 9.63. The van der Waals surface area contributed by atoms with Gasteiger partial charge in [-0.05, 0) is 59.9 Å². The van der Waals surface area contributed by atoms with Crippen molar-refractivity contribution < 1.29 is 14.0 Å². The molecule has 5 atom stereocenters. The second-order valence-corrected chi connectivity index (χ2v) is 14.8. The van der Waals surface area contributed by atoms with Gasteiger partial charge in [0.25, 0.3) is 0 Å². The normalized spacial score (nSPS) is 29.0. The van der Waals surface area contributed by atoms with Crippen LogP contribution in [-0.2, 0) is 15.0 Å². The molecule has 8 rings (SSSR count). The van der Waals surface area contributed by atoms with Crippen LogP contribution in [0.2, 0.25) is 10.3 Å². The van der Waals surface area contributed by atoms with Gasteiger partial charge in [-0.15, -0.1) is 0 Å². The molecule has 2 saturated heterocycles. The topological polar surface area (TPSA) is 87.2 Å². The van der Waals surface area contributed by atoms with Crippen LogP contribution in [0, 0.1) is 11.2 Å². The van der Waals surface area contributed by atoms with Crippen molar-refractivity contribution in [1.82, 2.24) is 20.2 Å². The lowest BCUT2D eigenvalue weighted by Crippen LogP contribution is -2.66. The monoisotopic (exact) mass is 669 g/mol. The fraction of sp³-hybridized carbons (Fsp3) is 0.351. The summed E-state index contributed by atoms with van der Waals surface area (Å²) in [6.45, 7) is 4.49. The molecule has 2 aromatic heterocycles. The summed E-state index contributed by atoms with van der Waals surface area (Å²) in [5.74, 6) is -2.26. The second-order valence-electron chi connectivity index (χ2n) is 14.1. The zero-order valence-corrected chi connectivity index (χ0v) is 27.5. The predicted molar refractivity (Wildman–Crippen MR) is 179 cm³/mol. The highest BCUT2D eigenvalue weighted by molar-refractivity contribution is 6.30. The molecule has 4 aliphatic rings. The number of hydrogen-bond acceptors (Lipinski definition) is 5. The summed E-state index contributed by atoms with van der Waals surface area (Å²) in [5.41, 5.74) is 0.932. The zero-order valence-electron chi connectivity index (χ0n) is 26.0. The molecule has 1 saturated carbocycles. The van der Waals surface area contributed by atoms with Crippen molar-refractivity contribution >= 4 is 40.7 Å². The number of rotatable bonds is 3. The second kappa shape index (κ2) is 10.8. The van der Waals surface area contributed by atoms with Crippen molar-refractivity contribution in [3.63, 3.8) is 0 Å². The van der Waals surface area contributed by atoms with Gasteiger partial charge in [0, 0.05) is 35.1 Å². The SMILES string of the molecule is CC1(C)CCC2(CC1)N1[C@H](c3ccccc3)[C@H](c3ccccc3)NC(=O)[C@H]1[C@H](c1ccnc(Cl)c1F)[C@@]21C(=O)Nc2cc(Cl)ncc21. The minimum absolute atomic E-state index is 0.000521. The van der Waals surface area contributed by atoms with Crippen LogP contribution in [-0.4, -0.2) is 38.3 Å². The number of benzene rings is 2. The molecule has 3 fully saturated rings. The van der Waals surface area contributed by atoms with Gasteiger partial charge in [-0.3, -0.25) is 14.5 Å². The zero-order chi connectivity index (χ0) is 32.7. The van der Waals surface area contributed by atoms with E-state index in [1.807, 2.05) is 48.5 Å². The van der Waals surface area contributed by atoms with Gasteiger partial charge in [-0.25, -0.2) is 14.4 Å². The maximum absolute atomic E-state index is 16.5. The van der Waals surface area contributed by atoms with Crippen LogP contribution in [0.1, 0.15) is 79.8 Å². The Hall–Kier alpha value is -3.85. The van der Waals surface area contributed by atoms with Gasteiger partial charge in [0.1, 0.15) is 10.6 Å². The van der Waals surface area contributed by atoms with Crippen LogP contribution >= 0.6 is 23.2 Å². The van der Waals surface area contributed by atoms with E-state index in [2.05, 4.69) is 51.5 Å². The molecule has 240 valence electrons. The molecule has 10 heteroatoms.